The minimum Gasteiger partial charge on any atom is -0.476 e. The van der Waals surface area contributed by atoms with Crippen molar-refractivity contribution in [1.29, 1.82) is 0 Å². The van der Waals surface area contributed by atoms with Crippen molar-refractivity contribution in [2.45, 2.75) is 0 Å². The van der Waals surface area contributed by atoms with E-state index in [0.29, 0.717) is 32.1 Å². The number of hydrogen-bond donors (Lipinski definition) is 1. The highest BCUT2D eigenvalue weighted by Crippen LogP contribution is 2.08. The number of aromatic nitrogens is 2. The first-order valence-corrected chi connectivity index (χ1v) is 5.47. The van der Waals surface area contributed by atoms with E-state index in [1.807, 2.05) is 4.90 Å². The van der Waals surface area contributed by atoms with Crippen molar-refractivity contribution in [3.63, 3.8) is 0 Å². The molecule has 0 fully saturated rings. The van der Waals surface area contributed by atoms with Gasteiger partial charge in [-0.3, -0.25) is 0 Å². The lowest BCUT2D eigenvalue weighted by molar-refractivity contribution is 0.0690. The first kappa shape index (κ1) is 14.3. The highest BCUT2D eigenvalue weighted by Gasteiger charge is 2.10. The van der Waals surface area contributed by atoms with E-state index < -0.39 is 5.97 Å². The molecule has 0 aliphatic rings. The van der Waals surface area contributed by atoms with Crippen molar-refractivity contribution >= 4 is 11.8 Å². The molecule has 1 rings (SSSR count). The molecule has 1 N–H and O–H groups in total. The van der Waals surface area contributed by atoms with Gasteiger partial charge in [0.15, 0.2) is 5.69 Å². The lowest BCUT2D eigenvalue weighted by atomic mass is 10.4. The van der Waals surface area contributed by atoms with Crippen molar-refractivity contribution in [2.24, 2.45) is 0 Å². The molecule has 0 aliphatic carbocycles. The third-order valence-electron chi connectivity index (χ3n) is 2.31. The van der Waals surface area contributed by atoms with Crippen LogP contribution >= 0.6 is 0 Å². The summed E-state index contributed by atoms with van der Waals surface area (Å²) in [6.45, 7) is 2.38. The SMILES string of the molecule is COCCN(CCOC)c1cnc(C(=O)O)cn1. The molecule has 0 spiro atoms. The molecule has 0 unspecified atom stereocenters. The maximum Gasteiger partial charge on any atom is 0.356 e. The number of rotatable bonds is 8. The van der Waals surface area contributed by atoms with Crippen LogP contribution in [0.25, 0.3) is 0 Å². The largest absolute Gasteiger partial charge is 0.476 e. The van der Waals surface area contributed by atoms with Crippen LogP contribution in [0.3, 0.4) is 0 Å². The van der Waals surface area contributed by atoms with Gasteiger partial charge < -0.3 is 19.5 Å². The van der Waals surface area contributed by atoms with Crippen LogP contribution < -0.4 is 4.90 Å². The molecule has 0 bridgehead atoms. The highest BCUT2D eigenvalue weighted by atomic mass is 16.5. The van der Waals surface area contributed by atoms with Gasteiger partial charge in [-0.2, -0.15) is 0 Å². The molecule has 7 nitrogen and oxygen atoms in total. The fourth-order valence-electron chi connectivity index (χ4n) is 1.34. The van der Waals surface area contributed by atoms with E-state index in [4.69, 9.17) is 14.6 Å². The second-order valence-electron chi connectivity index (χ2n) is 3.54. The van der Waals surface area contributed by atoms with E-state index in [2.05, 4.69) is 9.97 Å². The molecule has 0 aromatic carbocycles. The molecular weight excluding hydrogens is 238 g/mol. The Labute approximate surface area is 105 Å². The number of methoxy groups -OCH3 is 2. The lowest BCUT2D eigenvalue weighted by Crippen LogP contribution is -2.31. The molecule has 0 saturated carbocycles. The van der Waals surface area contributed by atoms with Crippen LogP contribution in [-0.2, 0) is 9.47 Å². The first-order chi connectivity index (χ1) is 8.69. The summed E-state index contributed by atoms with van der Waals surface area (Å²) in [6.07, 6.45) is 2.68. The Morgan fingerprint density at radius 2 is 1.83 bits per heavy atom. The predicted octanol–water partition coefficient (Wildman–Crippen LogP) is 0.274. The smallest absolute Gasteiger partial charge is 0.356 e. The molecule has 0 saturated heterocycles. The first-order valence-electron chi connectivity index (χ1n) is 5.47. The fraction of sp³-hybridized carbons (Fsp3) is 0.545. The summed E-state index contributed by atoms with van der Waals surface area (Å²) in [5.74, 6) is -0.483. The average Bonchev–Trinajstić information content (AvgIpc) is 2.39. The van der Waals surface area contributed by atoms with Crippen molar-refractivity contribution in [2.75, 3.05) is 45.4 Å². The highest BCUT2D eigenvalue weighted by molar-refractivity contribution is 5.84. The van der Waals surface area contributed by atoms with Crippen molar-refractivity contribution in [3.05, 3.63) is 18.1 Å². The standard InChI is InChI=1S/C11H17N3O4/c1-17-5-3-14(4-6-18-2)10-8-12-9(7-13-10)11(15)16/h7-8H,3-6H2,1-2H3,(H,15,16). The monoisotopic (exact) mass is 255 g/mol. The van der Waals surface area contributed by atoms with Crippen molar-refractivity contribution in [3.8, 4) is 0 Å². The van der Waals surface area contributed by atoms with Gasteiger partial charge in [-0.15, -0.1) is 0 Å². The van der Waals surface area contributed by atoms with E-state index in [1.54, 1.807) is 14.2 Å². The molecule has 0 amide bonds. The summed E-state index contributed by atoms with van der Waals surface area (Å²) < 4.78 is 10.0. The van der Waals surface area contributed by atoms with E-state index in [9.17, 15) is 4.79 Å². The van der Waals surface area contributed by atoms with Crippen LogP contribution in [-0.4, -0.2) is 61.6 Å². The van der Waals surface area contributed by atoms with Gasteiger partial charge in [0, 0.05) is 27.3 Å². The Morgan fingerprint density at radius 3 is 2.22 bits per heavy atom. The molecule has 0 radical (unpaired) electrons. The Hall–Kier alpha value is -1.73. The number of nitrogens with zero attached hydrogens (tertiary/aromatic N) is 3. The van der Waals surface area contributed by atoms with Crippen LogP contribution in [0.1, 0.15) is 10.5 Å². The number of carboxylic acids is 1. The van der Waals surface area contributed by atoms with Gasteiger partial charge in [0.05, 0.1) is 25.6 Å². The number of aromatic carboxylic acids is 1. The number of anilines is 1. The van der Waals surface area contributed by atoms with Gasteiger partial charge in [0.2, 0.25) is 0 Å². The summed E-state index contributed by atoms with van der Waals surface area (Å²) in [5.41, 5.74) is -0.0721. The van der Waals surface area contributed by atoms with Gasteiger partial charge in [-0.1, -0.05) is 0 Å². The minimum atomic E-state index is -1.09. The van der Waals surface area contributed by atoms with Crippen molar-refractivity contribution in [1.82, 2.24) is 9.97 Å². The van der Waals surface area contributed by atoms with Crippen LogP contribution in [0.4, 0.5) is 5.82 Å². The number of carboxylic acid groups (broad SMARTS) is 1. The van der Waals surface area contributed by atoms with Gasteiger partial charge in [-0.25, -0.2) is 14.8 Å². The van der Waals surface area contributed by atoms with Crippen LogP contribution in [0, 0.1) is 0 Å². The third kappa shape index (κ3) is 4.27. The topological polar surface area (TPSA) is 84.8 Å². The second-order valence-corrected chi connectivity index (χ2v) is 3.54. The molecule has 1 aromatic rings. The average molecular weight is 255 g/mol. The van der Waals surface area contributed by atoms with Gasteiger partial charge in [-0.05, 0) is 0 Å². The second kappa shape index (κ2) is 7.57. The van der Waals surface area contributed by atoms with Gasteiger partial charge in [0.25, 0.3) is 0 Å². The summed E-state index contributed by atoms with van der Waals surface area (Å²) in [5, 5.41) is 8.74. The van der Waals surface area contributed by atoms with E-state index >= 15 is 0 Å². The normalized spacial score (nSPS) is 10.3. The third-order valence-corrected chi connectivity index (χ3v) is 2.31. The molecule has 1 heterocycles. The number of hydrogen-bond acceptors (Lipinski definition) is 6. The quantitative estimate of drug-likeness (QED) is 0.713. The Balaban J connectivity index is 2.73. The molecule has 0 atom stereocenters. The molecule has 7 heteroatoms. The molecule has 100 valence electrons. The number of ether oxygens (including phenoxy) is 2. The Kier molecular flexibility index (Phi) is 6.03. The molecule has 0 aliphatic heterocycles. The van der Waals surface area contributed by atoms with Gasteiger partial charge >= 0.3 is 5.97 Å². The minimum absolute atomic E-state index is 0.0721. The summed E-state index contributed by atoms with van der Waals surface area (Å²) in [4.78, 5) is 20.5. The number of carbonyl (C=O) groups is 1. The lowest BCUT2D eigenvalue weighted by Gasteiger charge is -2.22. The summed E-state index contributed by atoms with van der Waals surface area (Å²) in [7, 11) is 3.24. The van der Waals surface area contributed by atoms with E-state index in [-0.39, 0.29) is 5.69 Å². The molecule has 1 aromatic heterocycles. The van der Waals surface area contributed by atoms with Crippen LogP contribution in [0.5, 0.6) is 0 Å². The zero-order valence-corrected chi connectivity index (χ0v) is 10.5. The van der Waals surface area contributed by atoms with Crippen LogP contribution in [0.2, 0.25) is 0 Å². The molecule has 18 heavy (non-hydrogen) atoms. The Morgan fingerprint density at radius 1 is 1.22 bits per heavy atom. The zero-order valence-electron chi connectivity index (χ0n) is 10.5. The zero-order chi connectivity index (χ0) is 13.4. The van der Waals surface area contributed by atoms with Crippen molar-refractivity contribution < 1.29 is 19.4 Å². The summed E-state index contributed by atoms with van der Waals surface area (Å²) in [6, 6.07) is 0. The Bertz CT molecular complexity index is 361. The van der Waals surface area contributed by atoms with E-state index in [0.717, 1.165) is 0 Å². The maximum absolute atomic E-state index is 10.7. The molecular formula is C11H17N3O4. The van der Waals surface area contributed by atoms with Crippen LogP contribution in [0.15, 0.2) is 12.4 Å². The van der Waals surface area contributed by atoms with Gasteiger partial charge in [0.1, 0.15) is 5.82 Å². The predicted molar refractivity (Wildman–Crippen MR) is 65.0 cm³/mol. The van der Waals surface area contributed by atoms with E-state index in [1.165, 1.54) is 12.4 Å². The summed E-state index contributed by atoms with van der Waals surface area (Å²) >= 11 is 0. The maximum atomic E-state index is 10.7. The fourth-order valence-corrected chi connectivity index (χ4v) is 1.34.